The lowest BCUT2D eigenvalue weighted by molar-refractivity contribution is -0.142. The minimum atomic E-state index is -4.76. The minimum absolute atomic E-state index is 0.0578. The van der Waals surface area contributed by atoms with Crippen molar-refractivity contribution in [3.63, 3.8) is 0 Å². The van der Waals surface area contributed by atoms with E-state index in [-0.39, 0.29) is 5.69 Å². The van der Waals surface area contributed by atoms with Crippen molar-refractivity contribution in [2.45, 2.75) is 12.6 Å². The molecule has 19 heavy (non-hydrogen) atoms. The predicted molar refractivity (Wildman–Crippen MR) is 61.2 cm³/mol. The number of nitrogens with zero attached hydrogens (tertiary/aromatic N) is 2. The van der Waals surface area contributed by atoms with Gasteiger partial charge in [-0.3, -0.25) is 0 Å². The smallest absolute Gasteiger partial charge is 0.228 e. The van der Waals surface area contributed by atoms with Gasteiger partial charge in [-0.25, -0.2) is 13.5 Å². The zero-order chi connectivity index (χ0) is 14.2. The summed E-state index contributed by atoms with van der Waals surface area (Å²) in [5.41, 5.74) is -2.08. The van der Waals surface area contributed by atoms with E-state index in [1.54, 1.807) is 0 Å². The fourth-order valence-corrected chi connectivity index (χ4v) is 1.75. The largest absolute Gasteiger partial charge is 0.433 e. The highest BCUT2D eigenvalue weighted by molar-refractivity contribution is 9.10. The van der Waals surface area contributed by atoms with Gasteiger partial charge in [0.05, 0.1) is 5.69 Å². The van der Waals surface area contributed by atoms with E-state index in [9.17, 15) is 22.0 Å². The van der Waals surface area contributed by atoms with Crippen LogP contribution >= 0.6 is 15.9 Å². The van der Waals surface area contributed by atoms with Crippen molar-refractivity contribution in [2.75, 3.05) is 0 Å². The Hall–Kier alpha value is -1.44. The third-order valence-corrected chi connectivity index (χ3v) is 2.84. The Labute approximate surface area is 113 Å². The number of alkyl halides is 5. The molecular weight excluding hydrogens is 335 g/mol. The van der Waals surface area contributed by atoms with E-state index >= 15 is 0 Å². The number of rotatable bonds is 2. The molecule has 8 heteroatoms. The van der Waals surface area contributed by atoms with Crippen LogP contribution in [-0.4, -0.2) is 9.78 Å². The van der Waals surface area contributed by atoms with Gasteiger partial charge in [-0.1, -0.05) is 15.9 Å². The predicted octanol–water partition coefficient (Wildman–Crippen LogP) is 4.59. The molecule has 0 saturated carbocycles. The third kappa shape index (κ3) is 2.94. The highest BCUT2D eigenvalue weighted by Gasteiger charge is 2.37. The Balaban J connectivity index is 2.57. The number of halogens is 6. The lowest BCUT2D eigenvalue weighted by atomic mass is 10.3. The molecule has 1 aromatic heterocycles. The summed E-state index contributed by atoms with van der Waals surface area (Å²) in [6, 6.07) is 6.05. The summed E-state index contributed by atoms with van der Waals surface area (Å²) in [6.07, 6.45) is -7.81. The van der Waals surface area contributed by atoms with E-state index in [1.165, 1.54) is 24.3 Å². The van der Waals surface area contributed by atoms with Crippen molar-refractivity contribution in [1.29, 1.82) is 0 Å². The molecule has 1 aromatic carbocycles. The standard InChI is InChI=1S/C11H6BrF5N2/c12-6-1-3-7(4-2-6)19-9(11(15,16)17)5-8(18-19)10(13)14/h1-5,10H. The molecule has 0 aliphatic rings. The Bertz CT molecular complexity index is 574. The van der Waals surface area contributed by atoms with E-state index < -0.39 is 24.0 Å². The average Bonchev–Trinajstić information content (AvgIpc) is 2.74. The first-order valence-electron chi connectivity index (χ1n) is 5.00. The van der Waals surface area contributed by atoms with Gasteiger partial charge >= 0.3 is 6.18 Å². The monoisotopic (exact) mass is 340 g/mol. The molecule has 2 aromatic rings. The van der Waals surface area contributed by atoms with Crippen molar-refractivity contribution >= 4 is 15.9 Å². The second kappa shape index (κ2) is 4.92. The Morgan fingerprint density at radius 1 is 1.11 bits per heavy atom. The van der Waals surface area contributed by atoms with Crippen LogP contribution in [0.2, 0.25) is 0 Å². The molecule has 0 N–H and O–H groups in total. The Morgan fingerprint density at radius 3 is 2.16 bits per heavy atom. The van der Waals surface area contributed by atoms with Crippen LogP contribution in [0.4, 0.5) is 22.0 Å². The van der Waals surface area contributed by atoms with Gasteiger partial charge in [0.2, 0.25) is 0 Å². The molecular formula is C11H6BrF5N2. The maximum Gasteiger partial charge on any atom is 0.433 e. The normalized spacial score (nSPS) is 12.2. The number of aromatic nitrogens is 2. The van der Waals surface area contributed by atoms with E-state index in [0.717, 1.165) is 0 Å². The van der Waals surface area contributed by atoms with Gasteiger partial charge in [-0.2, -0.15) is 18.3 Å². The molecule has 0 amide bonds. The van der Waals surface area contributed by atoms with Gasteiger partial charge in [0.25, 0.3) is 6.43 Å². The highest BCUT2D eigenvalue weighted by Crippen LogP contribution is 2.33. The SMILES string of the molecule is FC(F)c1cc(C(F)(F)F)n(-c2ccc(Br)cc2)n1. The van der Waals surface area contributed by atoms with E-state index in [2.05, 4.69) is 21.0 Å². The fourth-order valence-electron chi connectivity index (χ4n) is 1.49. The average molecular weight is 341 g/mol. The maximum atomic E-state index is 12.8. The van der Waals surface area contributed by atoms with Crippen molar-refractivity contribution in [1.82, 2.24) is 9.78 Å². The van der Waals surface area contributed by atoms with Crippen LogP contribution in [0.5, 0.6) is 0 Å². The summed E-state index contributed by atoms with van der Waals surface area (Å²) in [6.45, 7) is 0. The number of hydrogen-bond acceptors (Lipinski definition) is 1. The van der Waals surface area contributed by atoms with Crippen LogP contribution in [0, 0.1) is 0 Å². The third-order valence-electron chi connectivity index (χ3n) is 2.31. The van der Waals surface area contributed by atoms with Crippen LogP contribution in [-0.2, 0) is 6.18 Å². The second-order valence-corrected chi connectivity index (χ2v) is 4.56. The minimum Gasteiger partial charge on any atom is -0.228 e. The van der Waals surface area contributed by atoms with Gasteiger partial charge in [0.1, 0.15) is 11.4 Å². The summed E-state index contributed by atoms with van der Waals surface area (Å²) in [7, 11) is 0. The van der Waals surface area contributed by atoms with Crippen molar-refractivity contribution < 1.29 is 22.0 Å². The molecule has 0 unspecified atom stereocenters. The molecule has 0 fully saturated rings. The lowest BCUT2D eigenvalue weighted by Gasteiger charge is -2.09. The van der Waals surface area contributed by atoms with Gasteiger partial charge < -0.3 is 0 Å². The summed E-state index contributed by atoms with van der Waals surface area (Å²) in [4.78, 5) is 0. The number of hydrogen-bond donors (Lipinski definition) is 0. The van der Waals surface area contributed by atoms with E-state index in [0.29, 0.717) is 15.2 Å². The van der Waals surface area contributed by atoms with Gasteiger partial charge in [0, 0.05) is 4.47 Å². The van der Waals surface area contributed by atoms with Crippen molar-refractivity contribution in [2.24, 2.45) is 0 Å². The lowest BCUT2D eigenvalue weighted by Crippen LogP contribution is -2.13. The summed E-state index contributed by atoms with van der Waals surface area (Å²) in [5, 5.41) is 3.31. The molecule has 102 valence electrons. The van der Waals surface area contributed by atoms with Crippen LogP contribution in [0.3, 0.4) is 0 Å². The molecule has 2 rings (SSSR count). The first-order valence-corrected chi connectivity index (χ1v) is 5.79. The highest BCUT2D eigenvalue weighted by atomic mass is 79.9. The summed E-state index contributed by atoms with van der Waals surface area (Å²) < 4.78 is 64.4. The molecule has 0 spiro atoms. The van der Waals surface area contributed by atoms with Crippen LogP contribution in [0.1, 0.15) is 17.8 Å². The molecule has 0 aliphatic heterocycles. The maximum absolute atomic E-state index is 12.8. The zero-order valence-electron chi connectivity index (χ0n) is 9.13. The number of benzene rings is 1. The van der Waals surface area contributed by atoms with Gasteiger partial charge in [-0.05, 0) is 30.3 Å². The Kier molecular flexibility index (Phi) is 3.62. The van der Waals surface area contributed by atoms with Crippen LogP contribution < -0.4 is 0 Å². The first kappa shape index (κ1) is 14.0. The first-order chi connectivity index (χ1) is 8.79. The molecule has 0 atom stereocenters. The van der Waals surface area contributed by atoms with Crippen LogP contribution in [0.15, 0.2) is 34.8 Å². The van der Waals surface area contributed by atoms with Crippen molar-refractivity contribution in [3.05, 3.63) is 46.2 Å². The van der Waals surface area contributed by atoms with Gasteiger partial charge in [0.15, 0.2) is 0 Å². The fraction of sp³-hybridized carbons (Fsp3) is 0.182. The van der Waals surface area contributed by atoms with Crippen LogP contribution in [0.25, 0.3) is 5.69 Å². The van der Waals surface area contributed by atoms with Crippen molar-refractivity contribution in [3.8, 4) is 5.69 Å². The summed E-state index contributed by atoms with van der Waals surface area (Å²) in [5.74, 6) is 0. The van der Waals surface area contributed by atoms with Gasteiger partial charge in [-0.15, -0.1) is 0 Å². The summed E-state index contributed by atoms with van der Waals surface area (Å²) >= 11 is 3.13. The van der Waals surface area contributed by atoms with E-state index in [1.807, 2.05) is 0 Å². The topological polar surface area (TPSA) is 17.8 Å². The molecule has 0 bridgehead atoms. The second-order valence-electron chi connectivity index (χ2n) is 3.64. The molecule has 0 saturated heterocycles. The molecule has 0 aliphatic carbocycles. The zero-order valence-corrected chi connectivity index (χ0v) is 10.7. The molecule has 2 nitrogen and oxygen atoms in total. The Morgan fingerprint density at radius 2 is 1.68 bits per heavy atom. The quantitative estimate of drug-likeness (QED) is 0.731. The molecule has 1 heterocycles. The van der Waals surface area contributed by atoms with E-state index in [4.69, 9.17) is 0 Å². The molecule has 0 radical (unpaired) electrons.